The Kier molecular flexibility index (Phi) is 5.63. The zero-order valence-corrected chi connectivity index (χ0v) is 16.6. The van der Waals surface area contributed by atoms with Gasteiger partial charge >= 0.3 is 0 Å². The maximum atomic E-state index is 12.9. The summed E-state index contributed by atoms with van der Waals surface area (Å²) in [5, 5.41) is 4.12. The first-order valence-corrected chi connectivity index (χ1v) is 9.49. The number of carbonyl (C=O) groups excluding carboxylic acids is 2. The Balaban J connectivity index is 1.67. The maximum absolute atomic E-state index is 12.9. The van der Waals surface area contributed by atoms with E-state index in [0.717, 1.165) is 19.4 Å². The van der Waals surface area contributed by atoms with Gasteiger partial charge in [-0.1, -0.05) is 18.2 Å². The summed E-state index contributed by atoms with van der Waals surface area (Å²) in [6, 6.07) is 7.88. The molecule has 2 amide bonds. The number of nitrogens with zero attached hydrogens (tertiary/aromatic N) is 4. The summed E-state index contributed by atoms with van der Waals surface area (Å²) in [7, 11) is 1.68. The van der Waals surface area contributed by atoms with Crippen molar-refractivity contribution in [1.82, 2.24) is 19.6 Å². The van der Waals surface area contributed by atoms with Gasteiger partial charge in [0.1, 0.15) is 6.04 Å². The van der Waals surface area contributed by atoms with Crippen LogP contribution < -0.4 is 0 Å². The Morgan fingerprint density at radius 2 is 2.07 bits per heavy atom. The molecule has 2 aromatic rings. The van der Waals surface area contributed by atoms with Gasteiger partial charge in [-0.15, -0.1) is 0 Å². The summed E-state index contributed by atoms with van der Waals surface area (Å²) in [5.41, 5.74) is 3.68. The molecule has 144 valence electrons. The second-order valence-electron chi connectivity index (χ2n) is 7.45. The number of aromatic nitrogens is 2. The number of carbonyl (C=O) groups is 2. The third-order valence-electron chi connectivity index (χ3n) is 5.52. The van der Waals surface area contributed by atoms with Gasteiger partial charge in [0.25, 0.3) is 0 Å². The number of hydrogen-bond donors (Lipinski definition) is 0. The van der Waals surface area contributed by atoms with Crippen molar-refractivity contribution in [1.29, 1.82) is 0 Å². The van der Waals surface area contributed by atoms with Crippen LogP contribution in [-0.4, -0.2) is 51.5 Å². The quantitative estimate of drug-likeness (QED) is 0.815. The predicted molar refractivity (Wildman–Crippen MR) is 104 cm³/mol. The molecule has 27 heavy (non-hydrogen) atoms. The summed E-state index contributed by atoms with van der Waals surface area (Å²) in [6.45, 7) is 6.82. The van der Waals surface area contributed by atoms with Crippen molar-refractivity contribution in [2.24, 2.45) is 0 Å². The molecule has 1 aromatic heterocycles. The van der Waals surface area contributed by atoms with E-state index < -0.39 is 6.04 Å². The van der Waals surface area contributed by atoms with Gasteiger partial charge in [0.15, 0.2) is 0 Å². The number of aryl methyl sites for hydroxylation is 2. The van der Waals surface area contributed by atoms with E-state index in [4.69, 9.17) is 0 Å². The van der Waals surface area contributed by atoms with E-state index >= 15 is 0 Å². The van der Waals surface area contributed by atoms with Crippen LogP contribution in [0.3, 0.4) is 0 Å². The lowest BCUT2D eigenvalue weighted by Crippen LogP contribution is -2.42. The number of likely N-dealkylation sites (N-methyl/N-ethyl adjacent to an activating group) is 1. The lowest BCUT2D eigenvalue weighted by atomic mass is 9.99. The van der Waals surface area contributed by atoms with Crippen LogP contribution in [0.4, 0.5) is 0 Å². The fourth-order valence-electron chi connectivity index (χ4n) is 3.70. The molecule has 0 radical (unpaired) electrons. The number of amides is 2. The van der Waals surface area contributed by atoms with Gasteiger partial charge in [-0.25, -0.2) is 0 Å². The van der Waals surface area contributed by atoms with Gasteiger partial charge < -0.3 is 9.80 Å². The Hall–Kier alpha value is -2.63. The molecule has 0 aliphatic carbocycles. The van der Waals surface area contributed by atoms with E-state index in [1.807, 2.05) is 4.90 Å². The molecule has 3 rings (SSSR count). The Labute approximate surface area is 160 Å². The monoisotopic (exact) mass is 368 g/mol. The highest BCUT2D eigenvalue weighted by atomic mass is 16.2. The summed E-state index contributed by atoms with van der Waals surface area (Å²) >= 11 is 0. The second-order valence-corrected chi connectivity index (χ2v) is 7.45. The lowest BCUT2D eigenvalue weighted by molar-refractivity contribution is -0.141. The molecule has 0 bridgehead atoms. The van der Waals surface area contributed by atoms with Crippen molar-refractivity contribution in [2.75, 3.05) is 20.1 Å². The normalized spacial score (nSPS) is 17.8. The molecule has 1 aromatic carbocycles. The van der Waals surface area contributed by atoms with Crippen LogP contribution in [-0.2, 0) is 9.59 Å². The van der Waals surface area contributed by atoms with Crippen LogP contribution in [0, 0.1) is 13.8 Å². The molecule has 1 aliphatic heterocycles. The van der Waals surface area contributed by atoms with Crippen LogP contribution in [0.5, 0.6) is 0 Å². The van der Waals surface area contributed by atoms with E-state index in [9.17, 15) is 9.59 Å². The number of benzene rings is 1. The molecule has 0 N–H and O–H groups in total. The number of hydrogen-bond acceptors (Lipinski definition) is 3. The molecule has 0 spiro atoms. The zero-order valence-electron chi connectivity index (χ0n) is 16.6. The minimum Gasteiger partial charge on any atom is -0.335 e. The minimum absolute atomic E-state index is 0.000701. The molecule has 2 heterocycles. The highest BCUT2D eigenvalue weighted by Gasteiger charge is 2.31. The van der Waals surface area contributed by atoms with Crippen LogP contribution in [0.2, 0.25) is 0 Å². The summed E-state index contributed by atoms with van der Waals surface area (Å²) in [6.07, 6.45) is 5.36. The average molecular weight is 368 g/mol. The van der Waals surface area contributed by atoms with Gasteiger partial charge in [-0.05, 0) is 56.4 Å². The van der Waals surface area contributed by atoms with Gasteiger partial charge in [-0.2, -0.15) is 5.10 Å². The van der Waals surface area contributed by atoms with Gasteiger partial charge in [-0.3, -0.25) is 14.3 Å². The van der Waals surface area contributed by atoms with Gasteiger partial charge in [0.05, 0.1) is 12.6 Å². The highest BCUT2D eigenvalue weighted by molar-refractivity contribution is 5.86. The molecular weight excluding hydrogens is 340 g/mol. The summed E-state index contributed by atoms with van der Waals surface area (Å²) in [4.78, 5) is 29.0. The second kappa shape index (κ2) is 7.94. The van der Waals surface area contributed by atoms with Gasteiger partial charge in [0.2, 0.25) is 11.8 Å². The Morgan fingerprint density at radius 1 is 1.30 bits per heavy atom. The lowest BCUT2D eigenvalue weighted by Gasteiger charge is -2.28. The molecule has 1 aliphatic rings. The first kappa shape index (κ1) is 19.1. The Bertz CT molecular complexity index is 816. The predicted octanol–water partition coefficient (Wildman–Crippen LogP) is 2.88. The number of likely N-dealkylation sites (tertiary alicyclic amines) is 1. The molecule has 1 fully saturated rings. The summed E-state index contributed by atoms with van der Waals surface area (Å²) in [5.74, 6) is -0.117. The van der Waals surface area contributed by atoms with E-state index in [-0.39, 0.29) is 24.4 Å². The third kappa shape index (κ3) is 4.04. The van der Waals surface area contributed by atoms with Crippen molar-refractivity contribution in [2.45, 2.75) is 45.7 Å². The minimum atomic E-state index is -0.424. The summed E-state index contributed by atoms with van der Waals surface area (Å²) < 4.78 is 1.61. The van der Waals surface area contributed by atoms with Crippen LogP contribution >= 0.6 is 0 Å². The first-order chi connectivity index (χ1) is 12.9. The molecular formula is C21H28N4O2. The topological polar surface area (TPSA) is 58.4 Å². The van der Waals surface area contributed by atoms with E-state index in [2.05, 4.69) is 37.1 Å². The molecule has 2 unspecified atom stereocenters. The zero-order chi connectivity index (χ0) is 19.6. The van der Waals surface area contributed by atoms with Crippen molar-refractivity contribution < 1.29 is 9.59 Å². The maximum Gasteiger partial charge on any atom is 0.247 e. The number of rotatable bonds is 5. The SMILES string of the molecule is Cc1ccc(C2CCCN2C(=O)CN(C)C(=O)C(C)n2cccn2)cc1C. The molecule has 6 nitrogen and oxygen atoms in total. The standard InChI is InChI=1S/C21H28N4O2/c1-15-8-9-18(13-16(15)2)19-7-5-11-24(19)20(26)14-23(4)21(27)17(3)25-12-6-10-22-25/h6,8-10,12-13,17,19H,5,7,11,14H2,1-4H3. The fraction of sp³-hybridized carbons (Fsp3) is 0.476. The van der Waals surface area contributed by atoms with Crippen molar-refractivity contribution >= 4 is 11.8 Å². The van der Waals surface area contributed by atoms with Crippen LogP contribution in [0.25, 0.3) is 0 Å². The van der Waals surface area contributed by atoms with Crippen molar-refractivity contribution in [3.8, 4) is 0 Å². The van der Waals surface area contributed by atoms with Crippen LogP contribution in [0.1, 0.15) is 48.5 Å². The smallest absolute Gasteiger partial charge is 0.247 e. The van der Waals surface area contributed by atoms with E-state index in [0.29, 0.717) is 0 Å². The highest BCUT2D eigenvalue weighted by Crippen LogP contribution is 2.33. The molecule has 6 heteroatoms. The van der Waals surface area contributed by atoms with E-state index in [1.165, 1.54) is 21.6 Å². The van der Waals surface area contributed by atoms with Crippen molar-refractivity contribution in [3.63, 3.8) is 0 Å². The third-order valence-corrected chi connectivity index (χ3v) is 5.52. The average Bonchev–Trinajstić information content (AvgIpc) is 3.34. The van der Waals surface area contributed by atoms with Crippen molar-refractivity contribution in [3.05, 3.63) is 53.3 Å². The molecule has 2 atom stereocenters. The van der Waals surface area contributed by atoms with E-state index in [1.54, 1.807) is 37.1 Å². The van der Waals surface area contributed by atoms with Crippen LogP contribution in [0.15, 0.2) is 36.7 Å². The van der Waals surface area contributed by atoms with Gasteiger partial charge in [0, 0.05) is 26.0 Å². The Morgan fingerprint density at radius 3 is 2.74 bits per heavy atom. The fourth-order valence-corrected chi connectivity index (χ4v) is 3.70. The molecule has 0 saturated carbocycles. The molecule has 1 saturated heterocycles. The first-order valence-electron chi connectivity index (χ1n) is 9.49. The largest absolute Gasteiger partial charge is 0.335 e.